The molecule has 8 heteroatoms. The fraction of sp³-hybridized carbons (Fsp3) is 0.333. The third kappa shape index (κ3) is 6.91. The summed E-state index contributed by atoms with van der Waals surface area (Å²) in [7, 11) is 0. The van der Waals surface area contributed by atoms with Gasteiger partial charge in [0.2, 0.25) is 0 Å². The molecule has 2 N–H and O–H groups in total. The fourth-order valence-electron chi connectivity index (χ4n) is 4.29. The number of aryl methyl sites for hydroxylation is 1. The van der Waals surface area contributed by atoms with Gasteiger partial charge in [0.25, 0.3) is 5.91 Å². The summed E-state index contributed by atoms with van der Waals surface area (Å²) in [6.45, 7) is 2.39. The van der Waals surface area contributed by atoms with E-state index in [0.717, 1.165) is 61.2 Å². The third-order valence-electron chi connectivity index (χ3n) is 6.36. The maximum Gasteiger partial charge on any atom is 0.258 e. The number of hydrogen-bond donors (Lipinski definition) is 2. The molecule has 1 saturated carbocycles. The number of hydrogen-bond acceptors (Lipinski definition) is 4. The second-order valence-corrected chi connectivity index (χ2v) is 8.91. The summed E-state index contributed by atoms with van der Waals surface area (Å²) in [5, 5.41) is 6.13. The summed E-state index contributed by atoms with van der Waals surface area (Å²) in [5.41, 5.74) is 2.17. The van der Waals surface area contributed by atoms with Crippen LogP contribution in [0.15, 0.2) is 65.9 Å². The average molecular weight is 478 g/mol. The van der Waals surface area contributed by atoms with Gasteiger partial charge in [-0.15, -0.1) is 0 Å². The van der Waals surface area contributed by atoms with Crippen LogP contribution in [0.1, 0.15) is 53.0 Å². The van der Waals surface area contributed by atoms with Crippen molar-refractivity contribution in [3.05, 3.63) is 95.1 Å². The number of nitrogens with zero attached hydrogens (tertiary/aromatic N) is 3. The highest BCUT2D eigenvalue weighted by Gasteiger charge is 2.23. The molecule has 1 fully saturated rings. The molecule has 35 heavy (non-hydrogen) atoms. The summed E-state index contributed by atoms with van der Waals surface area (Å²) in [5.74, 6) is -0.897. The molecular formula is C27H29F2N5O. The Morgan fingerprint density at radius 2 is 1.74 bits per heavy atom. The maximum atomic E-state index is 13.6. The molecule has 3 aromatic rings. The van der Waals surface area contributed by atoms with Gasteiger partial charge in [-0.25, -0.2) is 23.7 Å². The van der Waals surface area contributed by atoms with E-state index in [1.54, 1.807) is 12.4 Å². The maximum absolute atomic E-state index is 13.6. The highest BCUT2D eigenvalue weighted by atomic mass is 19.2. The van der Waals surface area contributed by atoms with E-state index in [-0.39, 0.29) is 11.6 Å². The SMILES string of the molecule is Cc1ccccc1CN=C(NC(=O)c1ccc(F)c(F)c1)NC1CCC(Cc2ncccn2)CC1. The van der Waals surface area contributed by atoms with Gasteiger partial charge in [0, 0.05) is 30.4 Å². The molecule has 0 saturated heterocycles. The molecular weight excluding hydrogens is 448 g/mol. The van der Waals surface area contributed by atoms with E-state index in [0.29, 0.717) is 18.4 Å². The number of guanidine groups is 1. The predicted octanol–water partition coefficient (Wildman–Crippen LogP) is 4.74. The number of benzene rings is 2. The molecule has 0 radical (unpaired) electrons. The van der Waals surface area contributed by atoms with Gasteiger partial charge >= 0.3 is 0 Å². The van der Waals surface area contributed by atoms with Crippen LogP contribution in [-0.2, 0) is 13.0 Å². The molecule has 0 aliphatic heterocycles. The zero-order valence-corrected chi connectivity index (χ0v) is 19.7. The Hall–Kier alpha value is -3.68. The van der Waals surface area contributed by atoms with Gasteiger partial charge in [-0.3, -0.25) is 10.1 Å². The molecule has 1 aliphatic rings. The van der Waals surface area contributed by atoms with Crippen LogP contribution < -0.4 is 10.6 Å². The fourth-order valence-corrected chi connectivity index (χ4v) is 4.29. The van der Waals surface area contributed by atoms with E-state index >= 15 is 0 Å². The van der Waals surface area contributed by atoms with Gasteiger partial charge in [0.05, 0.1) is 6.54 Å². The lowest BCUT2D eigenvalue weighted by Crippen LogP contribution is -2.47. The second-order valence-electron chi connectivity index (χ2n) is 8.91. The average Bonchev–Trinajstić information content (AvgIpc) is 2.87. The molecule has 0 unspecified atom stereocenters. The molecule has 1 aromatic heterocycles. The van der Waals surface area contributed by atoms with Crippen molar-refractivity contribution in [1.82, 2.24) is 20.6 Å². The van der Waals surface area contributed by atoms with Crippen LogP contribution in [0.2, 0.25) is 0 Å². The molecule has 182 valence electrons. The number of amides is 1. The first-order valence-corrected chi connectivity index (χ1v) is 11.9. The second kappa shape index (κ2) is 11.6. The summed E-state index contributed by atoms with van der Waals surface area (Å²) in [6, 6.07) is 13.0. The quantitative estimate of drug-likeness (QED) is 0.397. The van der Waals surface area contributed by atoms with E-state index in [9.17, 15) is 13.6 Å². The normalized spacial score (nSPS) is 18.2. The van der Waals surface area contributed by atoms with E-state index in [4.69, 9.17) is 0 Å². The van der Waals surface area contributed by atoms with Crippen molar-refractivity contribution in [3.8, 4) is 0 Å². The third-order valence-corrected chi connectivity index (χ3v) is 6.36. The van der Waals surface area contributed by atoms with Gasteiger partial charge in [0.1, 0.15) is 5.82 Å². The number of carbonyl (C=O) groups is 1. The Bertz CT molecular complexity index is 1180. The minimum absolute atomic E-state index is 0.0286. The molecule has 1 aliphatic carbocycles. The van der Waals surface area contributed by atoms with Crippen molar-refractivity contribution in [2.45, 2.75) is 51.6 Å². The number of carbonyl (C=O) groups excluding carboxylic acids is 1. The molecule has 1 amide bonds. The van der Waals surface area contributed by atoms with Crippen LogP contribution in [0.4, 0.5) is 8.78 Å². The smallest absolute Gasteiger partial charge is 0.258 e. The standard InChI is InChI=1S/C27H29F2N5O/c1-18-5-2-3-6-21(18)17-32-27(34-26(35)20-9-12-23(28)24(29)16-20)33-22-10-7-19(8-11-22)15-25-30-13-4-14-31-25/h2-6,9,12-14,16,19,22H,7-8,10-11,15,17H2,1H3,(H2,32,33,34,35). The van der Waals surface area contributed by atoms with E-state index in [1.165, 1.54) is 6.07 Å². The first kappa shape index (κ1) is 24.4. The lowest BCUT2D eigenvalue weighted by Gasteiger charge is -2.29. The number of halogens is 2. The largest absolute Gasteiger partial charge is 0.353 e. The molecule has 0 bridgehead atoms. The monoisotopic (exact) mass is 477 g/mol. The van der Waals surface area contributed by atoms with Gasteiger partial charge in [-0.1, -0.05) is 24.3 Å². The van der Waals surface area contributed by atoms with Crippen LogP contribution in [0.25, 0.3) is 0 Å². The van der Waals surface area contributed by atoms with Crippen LogP contribution in [0.3, 0.4) is 0 Å². The van der Waals surface area contributed by atoms with Gasteiger partial charge in [0.15, 0.2) is 17.6 Å². The zero-order chi connectivity index (χ0) is 24.6. The number of nitrogens with one attached hydrogen (secondary N) is 2. The van der Waals surface area contributed by atoms with Crippen molar-refractivity contribution in [3.63, 3.8) is 0 Å². The van der Waals surface area contributed by atoms with Crippen molar-refractivity contribution in [2.75, 3.05) is 0 Å². The van der Waals surface area contributed by atoms with Crippen molar-refractivity contribution >= 4 is 11.9 Å². The van der Waals surface area contributed by atoms with Gasteiger partial charge in [-0.2, -0.15) is 0 Å². The van der Waals surface area contributed by atoms with E-state index < -0.39 is 17.5 Å². The minimum atomic E-state index is -1.07. The van der Waals surface area contributed by atoms with E-state index in [2.05, 4.69) is 25.6 Å². The van der Waals surface area contributed by atoms with E-state index in [1.807, 2.05) is 37.3 Å². The Kier molecular flexibility index (Phi) is 8.13. The highest BCUT2D eigenvalue weighted by molar-refractivity contribution is 6.05. The van der Waals surface area contributed by atoms with Crippen molar-refractivity contribution in [1.29, 1.82) is 0 Å². The Balaban J connectivity index is 1.42. The molecule has 1 heterocycles. The summed E-state index contributed by atoms with van der Waals surface area (Å²) in [6.07, 6.45) is 8.25. The first-order chi connectivity index (χ1) is 17.0. The molecule has 0 spiro atoms. The molecule has 2 aromatic carbocycles. The van der Waals surface area contributed by atoms with Crippen molar-refractivity contribution in [2.24, 2.45) is 10.9 Å². The Morgan fingerprint density at radius 1 is 1.00 bits per heavy atom. The topological polar surface area (TPSA) is 79.3 Å². The number of aliphatic imine (C=N–C) groups is 1. The molecule has 0 atom stereocenters. The first-order valence-electron chi connectivity index (χ1n) is 11.9. The zero-order valence-electron chi connectivity index (χ0n) is 19.7. The predicted molar refractivity (Wildman–Crippen MR) is 131 cm³/mol. The summed E-state index contributed by atoms with van der Waals surface area (Å²) < 4.78 is 26.9. The summed E-state index contributed by atoms with van der Waals surface area (Å²) >= 11 is 0. The molecule has 4 rings (SSSR count). The summed E-state index contributed by atoms with van der Waals surface area (Å²) in [4.78, 5) is 26.0. The molecule has 6 nitrogen and oxygen atoms in total. The highest BCUT2D eigenvalue weighted by Crippen LogP contribution is 2.26. The Labute approximate surface area is 203 Å². The lowest BCUT2D eigenvalue weighted by molar-refractivity contribution is 0.0974. The van der Waals surface area contributed by atoms with Gasteiger partial charge in [-0.05, 0) is 73.9 Å². The van der Waals surface area contributed by atoms with Gasteiger partial charge < -0.3 is 5.32 Å². The Morgan fingerprint density at radius 3 is 2.46 bits per heavy atom. The number of aromatic nitrogens is 2. The van der Waals surface area contributed by atoms with Crippen LogP contribution in [-0.4, -0.2) is 27.9 Å². The number of rotatable bonds is 6. The van der Waals surface area contributed by atoms with Crippen LogP contribution in [0.5, 0.6) is 0 Å². The van der Waals surface area contributed by atoms with Crippen molar-refractivity contribution < 1.29 is 13.6 Å². The van der Waals surface area contributed by atoms with Crippen LogP contribution >= 0.6 is 0 Å². The minimum Gasteiger partial charge on any atom is -0.353 e. The lowest BCUT2D eigenvalue weighted by atomic mass is 9.84. The van der Waals surface area contributed by atoms with Crippen LogP contribution in [0, 0.1) is 24.5 Å².